The molecule has 6 heteroatoms. The second-order valence-electron chi connectivity index (χ2n) is 9.36. The van der Waals surface area contributed by atoms with Crippen molar-refractivity contribution < 1.29 is 9.47 Å². The van der Waals surface area contributed by atoms with Crippen LogP contribution in [0.1, 0.15) is 56.0 Å². The molecule has 2 saturated carbocycles. The van der Waals surface area contributed by atoms with Crippen LogP contribution in [-0.4, -0.2) is 68.3 Å². The Morgan fingerprint density at radius 1 is 1.17 bits per heavy atom. The first-order valence-corrected chi connectivity index (χ1v) is 11.7. The average Bonchev–Trinajstić information content (AvgIpc) is 3.18. The fraction of sp³-hybridized carbons (Fsp3) is 0.870. The molecule has 1 aromatic rings. The van der Waals surface area contributed by atoms with E-state index in [1.54, 1.807) is 5.56 Å². The van der Waals surface area contributed by atoms with Crippen LogP contribution in [-0.2, 0) is 29.0 Å². The van der Waals surface area contributed by atoms with Crippen molar-refractivity contribution in [1.29, 1.82) is 0 Å². The van der Waals surface area contributed by atoms with Gasteiger partial charge < -0.3 is 14.8 Å². The molecule has 29 heavy (non-hydrogen) atoms. The summed E-state index contributed by atoms with van der Waals surface area (Å²) in [6.45, 7) is 11.7. The van der Waals surface area contributed by atoms with Crippen molar-refractivity contribution in [3.8, 4) is 0 Å². The number of likely N-dealkylation sites (N-methyl/N-ethyl adjacent to an activating group) is 2. The van der Waals surface area contributed by atoms with Gasteiger partial charge in [-0.05, 0) is 71.4 Å². The van der Waals surface area contributed by atoms with E-state index in [2.05, 4.69) is 35.8 Å². The van der Waals surface area contributed by atoms with Crippen molar-refractivity contribution in [2.45, 2.75) is 58.5 Å². The second-order valence-corrected chi connectivity index (χ2v) is 9.36. The van der Waals surface area contributed by atoms with Crippen LogP contribution in [0, 0.1) is 17.3 Å². The predicted molar refractivity (Wildman–Crippen MR) is 115 cm³/mol. The minimum Gasteiger partial charge on any atom is -0.381 e. The van der Waals surface area contributed by atoms with Crippen LogP contribution >= 0.6 is 0 Å². The number of hydrogen-bond donors (Lipinski definition) is 1. The van der Waals surface area contributed by atoms with Gasteiger partial charge in [0.05, 0.1) is 18.9 Å². The number of fused-ring (bicyclic) bond motifs is 2. The smallest absolute Gasteiger partial charge is 0.0802 e. The molecule has 0 amide bonds. The molecule has 1 aliphatic heterocycles. The summed E-state index contributed by atoms with van der Waals surface area (Å²) in [5.74, 6) is 2.20. The number of aryl methyl sites for hydroxylation is 1. The summed E-state index contributed by atoms with van der Waals surface area (Å²) < 4.78 is 14.1. The van der Waals surface area contributed by atoms with Gasteiger partial charge in [0.1, 0.15) is 0 Å². The molecule has 3 aliphatic rings. The van der Waals surface area contributed by atoms with Gasteiger partial charge in [0.25, 0.3) is 0 Å². The standard InChI is InChI=1S/C23H40N4O2/c1-5-28-15-23(16-29-6-2)18-12-17(13-19(18)23)22-20(14-26(4)11-9-24-3)25-27-10-7-8-21(22)27/h17-19,24H,5-16H2,1-4H3. The third kappa shape index (κ3) is 4.01. The summed E-state index contributed by atoms with van der Waals surface area (Å²) in [5, 5.41) is 8.32. The molecule has 2 heterocycles. The molecule has 0 aromatic carbocycles. The summed E-state index contributed by atoms with van der Waals surface area (Å²) in [7, 11) is 4.24. The van der Waals surface area contributed by atoms with Gasteiger partial charge in [0.15, 0.2) is 0 Å². The summed E-state index contributed by atoms with van der Waals surface area (Å²) >= 11 is 0. The molecule has 6 nitrogen and oxygen atoms in total. The Morgan fingerprint density at radius 3 is 2.48 bits per heavy atom. The maximum Gasteiger partial charge on any atom is 0.0802 e. The average molecular weight is 405 g/mol. The number of hydrogen-bond acceptors (Lipinski definition) is 5. The molecular formula is C23H40N4O2. The molecular weight excluding hydrogens is 364 g/mol. The highest BCUT2D eigenvalue weighted by atomic mass is 16.5. The highest BCUT2D eigenvalue weighted by molar-refractivity contribution is 5.36. The first-order chi connectivity index (χ1) is 14.1. The third-order valence-corrected chi connectivity index (χ3v) is 7.61. The van der Waals surface area contributed by atoms with Gasteiger partial charge >= 0.3 is 0 Å². The zero-order valence-electron chi connectivity index (χ0n) is 18.9. The van der Waals surface area contributed by atoms with Crippen LogP contribution in [0.2, 0.25) is 0 Å². The SMILES string of the molecule is CCOCC1(COCC)C2CC(c3c(CN(C)CCNC)nn4c3CCC4)CC21. The Labute approximate surface area is 176 Å². The van der Waals surface area contributed by atoms with E-state index in [1.165, 1.54) is 37.1 Å². The fourth-order valence-electron chi connectivity index (χ4n) is 6.10. The monoisotopic (exact) mass is 404 g/mol. The molecule has 0 saturated heterocycles. The number of aromatic nitrogens is 2. The minimum atomic E-state index is 0.280. The molecule has 0 spiro atoms. The van der Waals surface area contributed by atoms with Crippen molar-refractivity contribution in [3.05, 3.63) is 17.0 Å². The van der Waals surface area contributed by atoms with Crippen LogP contribution in [0.5, 0.6) is 0 Å². The topological polar surface area (TPSA) is 51.6 Å². The number of nitrogens with zero attached hydrogens (tertiary/aromatic N) is 3. The largest absolute Gasteiger partial charge is 0.381 e. The Morgan fingerprint density at radius 2 is 1.86 bits per heavy atom. The van der Waals surface area contributed by atoms with Crippen LogP contribution in [0.25, 0.3) is 0 Å². The van der Waals surface area contributed by atoms with E-state index in [1.807, 2.05) is 7.05 Å². The molecule has 2 atom stereocenters. The van der Waals surface area contributed by atoms with Gasteiger partial charge in [-0.15, -0.1) is 0 Å². The maximum absolute atomic E-state index is 5.90. The van der Waals surface area contributed by atoms with E-state index in [-0.39, 0.29) is 5.41 Å². The third-order valence-electron chi connectivity index (χ3n) is 7.61. The molecule has 1 aromatic heterocycles. The zero-order valence-corrected chi connectivity index (χ0v) is 18.9. The lowest BCUT2D eigenvalue weighted by Crippen LogP contribution is -2.28. The van der Waals surface area contributed by atoms with Crippen molar-refractivity contribution >= 4 is 0 Å². The maximum atomic E-state index is 5.90. The predicted octanol–water partition coefficient (Wildman–Crippen LogP) is 2.66. The molecule has 4 rings (SSSR count). The highest BCUT2D eigenvalue weighted by Crippen LogP contribution is 2.71. The summed E-state index contributed by atoms with van der Waals surface area (Å²) in [6.07, 6.45) is 5.04. The quantitative estimate of drug-likeness (QED) is 0.580. The molecule has 164 valence electrons. The highest BCUT2D eigenvalue weighted by Gasteiger charge is 2.68. The van der Waals surface area contributed by atoms with E-state index in [9.17, 15) is 0 Å². The molecule has 2 unspecified atom stereocenters. The first kappa shape index (κ1) is 21.3. The van der Waals surface area contributed by atoms with Crippen LogP contribution in [0.4, 0.5) is 0 Å². The van der Waals surface area contributed by atoms with E-state index in [0.29, 0.717) is 5.92 Å². The second kappa shape index (κ2) is 9.04. The van der Waals surface area contributed by atoms with Crippen molar-refractivity contribution in [2.75, 3.05) is 53.6 Å². The molecule has 2 fully saturated rings. The zero-order chi connectivity index (χ0) is 20.4. The van der Waals surface area contributed by atoms with Crippen LogP contribution in [0.3, 0.4) is 0 Å². The van der Waals surface area contributed by atoms with Crippen molar-refractivity contribution in [3.63, 3.8) is 0 Å². The number of nitrogens with one attached hydrogen (secondary N) is 1. The van der Waals surface area contributed by atoms with Gasteiger partial charge in [-0.25, -0.2) is 0 Å². The Balaban J connectivity index is 1.47. The van der Waals surface area contributed by atoms with E-state index in [0.717, 1.165) is 64.4 Å². The van der Waals surface area contributed by atoms with Gasteiger partial charge in [0, 0.05) is 56.1 Å². The van der Waals surface area contributed by atoms with Gasteiger partial charge in [-0.2, -0.15) is 5.10 Å². The van der Waals surface area contributed by atoms with E-state index >= 15 is 0 Å². The summed E-state index contributed by atoms with van der Waals surface area (Å²) in [6, 6.07) is 0. The first-order valence-electron chi connectivity index (χ1n) is 11.7. The van der Waals surface area contributed by atoms with Crippen molar-refractivity contribution in [1.82, 2.24) is 20.0 Å². The number of rotatable bonds is 12. The lowest BCUT2D eigenvalue weighted by atomic mass is 9.85. The summed E-state index contributed by atoms with van der Waals surface area (Å²) in [5.41, 5.74) is 4.76. The van der Waals surface area contributed by atoms with Gasteiger partial charge in [-0.1, -0.05) is 0 Å². The minimum absolute atomic E-state index is 0.280. The van der Waals surface area contributed by atoms with E-state index < -0.39 is 0 Å². The van der Waals surface area contributed by atoms with Gasteiger partial charge in [-0.3, -0.25) is 9.58 Å². The van der Waals surface area contributed by atoms with E-state index in [4.69, 9.17) is 14.6 Å². The Kier molecular flexibility index (Phi) is 6.64. The Bertz CT molecular complexity index is 667. The van der Waals surface area contributed by atoms with Crippen LogP contribution in [0.15, 0.2) is 0 Å². The number of ether oxygens (including phenoxy) is 2. The lowest BCUT2D eigenvalue weighted by Gasteiger charge is -2.25. The van der Waals surface area contributed by atoms with Crippen LogP contribution < -0.4 is 5.32 Å². The molecule has 0 bridgehead atoms. The Hall–Kier alpha value is -0.950. The normalized spacial score (nSPS) is 26.9. The molecule has 1 N–H and O–H groups in total. The molecule has 0 radical (unpaired) electrons. The van der Waals surface area contributed by atoms with Gasteiger partial charge in [0.2, 0.25) is 0 Å². The fourth-order valence-corrected chi connectivity index (χ4v) is 6.10. The lowest BCUT2D eigenvalue weighted by molar-refractivity contribution is 0.0169. The summed E-state index contributed by atoms with van der Waals surface area (Å²) in [4.78, 5) is 2.40. The van der Waals surface area contributed by atoms with Crippen molar-refractivity contribution in [2.24, 2.45) is 17.3 Å². The molecule has 2 aliphatic carbocycles.